The first-order valence-corrected chi connectivity index (χ1v) is 17.2. The number of hydrogen-bond acceptors (Lipinski definition) is 9. The Balaban J connectivity index is 0.000000220. The van der Waals surface area contributed by atoms with Gasteiger partial charge in [0.1, 0.15) is 0 Å². The first-order chi connectivity index (χ1) is 25.8. The molecule has 0 fully saturated rings. The van der Waals surface area contributed by atoms with Crippen molar-refractivity contribution in [1.29, 1.82) is 0 Å². The van der Waals surface area contributed by atoms with Crippen molar-refractivity contribution in [3.63, 3.8) is 0 Å². The molecule has 0 amide bonds. The number of carbonyl (C=O) groups excluding carboxylic acids is 3. The summed E-state index contributed by atoms with van der Waals surface area (Å²) in [5.74, 6) is -3.53. The molecule has 0 radical (unpaired) electrons. The summed E-state index contributed by atoms with van der Waals surface area (Å²) in [4.78, 5) is 33.0. The van der Waals surface area contributed by atoms with Crippen LogP contribution in [0.4, 0.5) is 34.1 Å². The van der Waals surface area contributed by atoms with Gasteiger partial charge in [-0.05, 0) is 111 Å². The van der Waals surface area contributed by atoms with Crippen molar-refractivity contribution < 1.29 is 29.7 Å². The molecule has 0 saturated heterocycles. The van der Waals surface area contributed by atoms with Crippen molar-refractivity contribution in [2.24, 2.45) is 0 Å². The molecule has 276 valence electrons. The molecule has 0 heterocycles. The molecule has 0 aromatic heterocycles. The largest absolute Gasteiger partial charge is 3.00 e. The number of aryl methyl sites for hydroxylation is 3. The van der Waals surface area contributed by atoms with E-state index in [9.17, 15) is 29.7 Å². The number of para-hydroxylation sites is 3. The molecule has 3 N–H and O–H groups in total. The van der Waals surface area contributed by atoms with Gasteiger partial charge in [-0.2, -0.15) is 0 Å². The summed E-state index contributed by atoms with van der Waals surface area (Å²) in [7, 11) is 0. The second-order valence-electron chi connectivity index (χ2n) is 12.6. The van der Waals surface area contributed by atoms with Crippen molar-refractivity contribution in [2.45, 2.75) is 41.5 Å². The average Bonchev–Trinajstić information content (AvgIpc) is 3.15. The number of nitrogens with one attached hydrogen (secondary N) is 3. The van der Waals surface area contributed by atoms with Crippen LogP contribution in [0, 0.1) is 41.5 Å². The molecule has 0 aliphatic carbocycles. The van der Waals surface area contributed by atoms with Crippen LogP contribution in [0.1, 0.15) is 64.5 Å². The van der Waals surface area contributed by atoms with Crippen LogP contribution in [0.15, 0.2) is 127 Å². The van der Waals surface area contributed by atoms with E-state index in [2.05, 4.69) is 16.0 Å². The second-order valence-corrected chi connectivity index (χ2v) is 12.6. The normalized spacial score (nSPS) is 9.93. The van der Waals surface area contributed by atoms with Crippen LogP contribution < -0.4 is 31.3 Å². The molecule has 0 unspecified atom stereocenters. The minimum Gasteiger partial charge on any atom is -0.545 e. The van der Waals surface area contributed by atoms with Crippen LogP contribution in [0.5, 0.6) is 0 Å². The van der Waals surface area contributed by atoms with Gasteiger partial charge in [0.2, 0.25) is 0 Å². The van der Waals surface area contributed by atoms with E-state index < -0.39 is 17.9 Å². The minimum atomic E-state index is -1.18. The molecule has 10 heteroatoms. The maximum Gasteiger partial charge on any atom is 3.00 e. The summed E-state index contributed by atoms with van der Waals surface area (Å²) >= 11 is 0. The zero-order valence-corrected chi connectivity index (χ0v) is 32.8. The van der Waals surface area contributed by atoms with Gasteiger partial charge in [0.25, 0.3) is 0 Å². The fourth-order valence-electron chi connectivity index (χ4n) is 5.41. The summed E-state index contributed by atoms with van der Waals surface area (Å²) in [6.07, 6.45) is 0. The van der Waals surface area contributed by atoms with Crippen molar-refractivity contribution in [3.8, 4) is 0 Å². The van der Waals surface area contributed by atoms with Crippen LogP contribution in [0.25, 0.3) is 0 Å². The van der Waals surface area contributed by atoms with Crippen molar-refractivity contribution in [2.75, 3.05) is 16.0 Å². The molecule has 0 saturated carbocycles. The standard InChI is InChI=1S/3C15H15NO2.Al/c3*1-10-6-5-9-13(11(10)2)16-14-8-4-3-7-12(14)15(17)18;/h3*3-9,16H,1-2H3,(H,17,18);/q;;;+3/p-3. The molecular weight excluding hydrogens is 705 g/mol. The molecule has 0 spiro atoms. The maximum absolute atomic E-state index is 11.0. The van der Waals surface area contributed by atoms with Crippen LogP contribution in [0.2, 0.25) is 0 Å². The van der Waals surface area contributed by atoms with Crippen LogP contribution in [0.3, 0.4) is 0 Å². The first-order valence-electron chi connectivity index (χ1n) is 17.2. The number of rotatable bonds is 9. The van der Waals surface area contributed by atoms with Gasteiger partial charge in [-0.25, -0.2) is 0 Å². The SMILES string of the molecule is Cc1cccc(Nc2ccccc2C(=O)[O-])c1C.Cc1cccc(Nc2ccccc2C(=O)[O-])c1C.Cc1cccc(Nc2ccccc2C(=O)[O-])c1C.[Al+3]. The monoisotopic (exact) mass is 747 g/mol. The van der Waals surface area contributed by atoms with E-state index in [1.807, 2.05) is 96.1 Å². The number of benzene rings is 6. The molecule has 0 atom stereocenters. The Morgan fingerprint density at radius 3 is 0.800 bits per heavy atom. The van der Waals surface area contributed by atoms with Gasteiger partial charge in [-0.15, -0.1) is 0 Å². The second kappa shape index (κ2) is 20.2. The molecular formula is C45H42AlN3O6. The Morgan fingerprint density at radius 1 is 0.345 bits per heavy atom. The van der Waals surface area contributed by atoms with Crippen LogP contribution >= 0.6 is 0 Å². The number of carbonyl (C=O) groups is 3. The Bertz CT molecular complexity index is 2030. The quantitative estimate of drug-likeness (QED) is 0.135. The topological polar surface area (TPSA) is 156 Å². The Hall–Kier alpha value is -6.34. The third-order valence-corrected chi connectivity index (χ3v) is 9.06. The fourth-order valence-corrected chi connectivity index (χ4v) is 5.41. The molecule has 6 aromatic rings. The summed E-state index contributed by atoms with van der Waals surface area (Å²) in [6, 6.07) is 37.8. The van der Waals surface area contributed by atoms with E-state index in [1.54, 1.807) is 54.6 Å². The van der Waals surface area contributed by atoms with E-state index >= 15 is 0 Å². The molecule has 55 heavy (non-hydrogen) atoms. The van der Waals surface area contributed by atoms with Crippen LogP contribution in [-0.2, 0) is 0 Å². The van der Waals surface area contributed by atoms with Crippen molar-refractivity contribution in [1.82, 2.24) is 0 Å². The Labute approximate surface area is 332 Å². The third-order valence-electron chi connectivity index (χ3n) is 9.06. The van der Waals surface area contributed by atoms with Gasteiger partial charge in [0.05, 0.1) is 17.9 Å². The predicted molar refractivity (Wildman–Crippen MR) is 216 cm³/mol. The van der Waals surface area contributed by atoms with Gasteiger partial charge in [-0.3, -0.25) is 0 Å². The molecule has 0 aliphatic rings. The fraction of sp³-hybridized carbons (Fsp3) is 0.133. The summed E-state index contributed by atoms with van der Waals surface area (Å²) in [6.45, 7) is 12.1. The number of hydrogen-bond donors (Lipinski definition) is 3. The summed E-state index contributed by atoms with van der Waals surface area (Å²) in [5, 5.41) is 42.5. The summed E-state index contributed by atoms with van der Waals surface area (Å²) < 4.78 is 0. The number of carboxylic acid groups (broad SMARTS) is 3. The van der Waals surface area contributed by atoms with Gasteiger partial charge in [0.15, 0.2) is 0 Å². The number of anilines is 6. The van der Waals surface area contributed by atoms with E-state index in [0.717, 1.165) is 50.4 Å². The Kier molecular flexibility index (Phi) is 15.8. The summed E-state index contributed by atoms with van der Waals surface area (Å²) in [5.41, 5.74) is 11.6. The van der Waals surface area contributed by atoms with E-state index in [0.29, 0.717) is 17.1 Å². The van der Waals surface area contributed by atoms with E-state index in [-0.39, 0.29) is 34.1 Å². The zero-order valence-electron chi connectivity index (χ0n) is 31.7. The van der Waals surface area contributed by atoms with Gasteiger partial charge in [-0.1, -0.05) is 91.0 Å². The number of carboxylic acids is 3. The molecule has 9 nitrogen and oxygen atoms in total. The van der Waals surface area contributed by atoms with Crippen molar-refractivity contribution in [3.05, 3.63) is 177 Å². The van der Waals surface area contributed by atoms with Gasteiger partial charge < -0.3 is 45.7 Å². The van der Waals surface area contributed by atoms with E-state index in [4.69, 9.17) is 0 Å². The smallest absolute Gasteiger partial charge is 0.545 e. The van der Waals surface area contributed by atoms with Gasteiger partial charge in [0, 0.05) is 50.8 Å². The average molecular weight is 748 g/mol. The minimum absolute atomic E-state index is 0. The molecule has 0 bridgehead atoms. The Morgan fingerprint density at radius 2 is 0.564 bits per heavy atom. The predicted octanol–water partition coefficient (Wildman–Crippen LogP) is 6.85. The number of aromatic carboxylic acids is 3. The molecule has 6 aromatic carbocycles. The zero-order chi connectivity index (χ0) is 39.4. The molecule has 0 aliphatic heterocycles. The maximum atomic E-state index is 11.0. The van der Waals surface area contributed by atoms with Gasteiger partial charge >= 0.3 is 17.4 Å². The van der Waals surface area contributed by atoms with Crippen LogP contribution in [-0.4, -0.2) is 35.3 Å². The first kappa shape index (κ1) is 43.1. The third kappa shape index (κ3) is 11.6. The van der Waals surface area contributed by atoms with E-state index in [1.165, 1.54) is 18.2 Å². The molecule has 6 rings (SSSR count). The van der Waals surface area contributed by atoms with Crippen molar-refractivity contribution >= 4 is 69.4 Å².